The Kier molecular flexibility index (Phi) is 7.33. The molecule has 0 aromatic heterocycles. The average Bonchev–Trinajstić information content (AvgIpc) is 2.68. The van der Waals surface area contributed by atoms with Gasteiger partial charge in [-0.2, -0.15) is 0 Å². The predicted octanol–water partition coefficient (Wildman–Crippen LogP) is 2.62. The largest absolute Gasteiger partial charge is 0.456 e. The average molecular weight is 424 g/mol. The van der Waals surface area contributed by atoms with E-state index in [1.807, 2.05) is 6.92 Å². The molecule has 2 rings (SSSR count). The standard InChI is InChI=1S/C19H22ClN3O6/c1-4-5-14(24)21-15-17(20)22(18(15)25)16(11(2)3)19(26)29-10-12-6-8-13(9-7-12)23(27)28/h6-9,15,17H,4-5,10H2,1-3H3,(H,21,24). The number of carbonyl (C=O) groups is 3. The smallest absolute Gasteiger partial charge is 0.355 e. The van der Waals surface area contributed by atoms with Crippen LogP contribution in [0.25, 0.3) is 0 Å². The van der Waals surface area contributed by atoms with Gasteiger partial charge in [0, 0.05) is 18.6 Å². The van der Waals surface area contributed by atoms with Crippen LogP contribution in [-0.4, -0.2) is 39.1 Å². The molecule has 1 fully saturated rings. The Morgan fingerprint density at radius 1 is 1.28 bits per heavy atom. The molecule has 1 aromatic rings. The van der Waals surface area contributed by atoms with Gasteiger partial charge < -0.3 is 10.1 Å². The minimum atomic E-state index is -0.903. The van der Waals surface area contributed by atoms with Crippen LogP contribution in [0.3, 0.4) is 0 Å². The number of hydrogen-bond acceptors (Lipinski definition) is 6. The van der Waals surface area contributed by atoms with Crippen molar-refractivity contribution in [1.82, 2.24) is 10.2 Å². The number of alkyl halides is 1. The highest BCUT2D eigenvalue weighted by molar-refractivity contribution is 6.27. The quantitative estimate of drug-likeness (QED) is 0.130. The molecule has 9 nitrogen and oxygen atoms in total. The highest BCUT2D eigenvalue weighted by atomic mass is 35.5. The molecule has 1 heterocycles. The normalized spacial score (nSPS) is 17.9. The number of nitro groups is 1. The van der Waals surface area contributed by atoms with E-state index in [2.05, 4.69) is 5.32 Å². The molecule has 10 heteroatoms. The number of benzene rings is 1. The maximum absolute atomic E-state index is 12.6. The number of halogens is 1. The summed E-state index contributed by atoms with van der Waals surface area (Å²) in [5, 5.41) is 13.2. The molecule has 1 saturated heterocycles. The highest BCUT2D eigenvalue weighted by Gasteiger charge is 2.50. The van der Waals surface area contributed by atoms with Crippen LogP contribution in [0.1, 0.15) is 39.2 Å². The first kappa shape index (κ1) is 22.4. The van der Waals surface area contributed by atoms with E-state index < -0.39 is 28.3 Å². The molecule has 29 heavy (non-hydrogen) atoms. The van der Waals surface area contributed by atoms with Gasteiger partial charge in [0.25, 0.3) is 11.6 Å². The third kappa shape index (κ3) is 5.11. The number of β-lactam (4-membered cyclic amide) rings is 1. The first-order valence-corrected chi connectivity index (χ1v) is 9.45. The fraction of sp³-hybridized carbons (Fsp3) is 0.421. The zero-order chi connectivity index (χ0) is 21.7. The lowest BCUT2D eigenvalue weighted by Crippen LogP contribution is -2.68. The molecule has 2 atom stereocenters. The summed E-state index contributed by atoms with van der Waals surface area (Å²) >= 11 is 6.25. The second-order valence-corrected chi connectivity index (χ2v) is 7.17. The number of likely N-dealkylation sites (tertiary alicyclic amines) is 1. The highest BCUT2D eigenvalue weighted by Crippen LogP contribution is 2.31. The Morgan fingerprint density at radius 2 is 1.90 bits per heavy atom. The van der Waals surface area contributed by atoms with Crippen molar-refractivity contribution in [3.05, 3.63) is 51.2 Å². The van der Waals surface area contributed by atoms with Crippen LogP contribution in [0.15, 0.2) is 35.5 Å². The van der Waals surface area contributed by atoms with Crippen LogP contribution >= 0.6 is 11.6 Å². The van der Waals surface area contributed by atoms with E-state index in [0.717, 1.165) is 4.90 Å². The number of ether oxygens (including phenoxy) is 1. The van der Waals surface area contributed by atoms with Gasteiger partial charge in [-0.25, -0.2) is 4.79 Å². The maximum atomic E-state index is 12.6. The van der Waals surface area contributed by atoms with E-state index in [0.29, 0.717) is 17.6 Å². The zero-order valence-electron chi connectivity index (χ0n) is 16.3. The van der Waals surface area contributed by atoms with Crippen molar-refractivity contribution in [3.63, 3.8) is 0 Å². The van der Waals surface area contributed by atoms with Gasteiger partial charge >= 0.3 is 5.97 Å². The van der Waals surface area contributed by atoms with Crippen molar-refractivity contribution >= 4 is 35.1 Å². The Morgan fingerprint density at radius 3 is 2.38 bits per heavy atom. The molecule has 1 aromatic carbocycles. The van der Waals surface area contributed by atoms with Gasteiger partial charge in [0.1, 0.15) is 23.8 Å². The number of carbonyl (C=O) groups excluding carboxylic acids is 3. The Labute approximate surface area is 172 Å². The van der Waals surface area contributed by atoms with Crippen molar-refractivity contribution < 1.29 is 24.0 Å². The number of hydrogen-bond donors (Lipinski definition) is 1. The molecule has 2 unspecified atom stereocenters. The third-order valence-corrected chi connectivity index (χ3v) is 4.69. The molecule has 1 aliphatic heterocycles. The molecular weight excluding hydrogens is 402 g/mol. The summed E-state index contributed by atoms with van der Waals surface area (Å²) < 4.78 is 5.25. The number of nitro benzene ring substituents is 1. The van der Waals surface area contributed by atoms with Crippen molar-refractivity contribution in [2.75, 3.05) is 0 Å². The van der Waals surface area contributed by atoms with Crippen LogP contribution in [0.2, 0.25) is 0 Å². The lowest BCUT2D eigenvalue weighted by atomic mass is 10.0. The summed E-state index contributed by atoms with van der Waals surface area (Å²) in [5.41, 5.74) is 0.116. The second kappa shape index (κ2) is 9.51. The summed E-state index contributed by atoms with van der Waals surface area (Å²) in [4.78, 5) is 48.0. The molecule has 0 radical (unpaired) electrons. The van der Waals surface area contributed by atoms with Crippen molar-refractivity contribution in [1.29, 1.82) is 0 Å². The molecule has 0 spiro atoms. The summed E-state index contributed by atoms with van der Waals surface area (Å²) in [7, 11) is 0. The number of non-ortho nitro benzene ring substituents is 1. The van der Waals surface area contributed by atoms with Crippen molar-refractivity contribution in [2.45, 2.75) is 51.8 Å². The van der Waals surface area contributed by atoms with Crippen LogP contribution < -0.4 is 5.32 Å². The van der Waals surface area contributed by atoms with E-state index >= 15 is 0 Å². The third-order valence-electron chi connectivity index (χ3n) is 4.24. The number of esters is 1. The van der Waals surface area contributed by atoms with Gasteiger partial charge in [0.2, 0.25) is 5.91 Å². The molecule has 1 N–H and O–H groups in total. The minimum absolute atomic E-state index is 0.0119. The van der Waals surface area contributed by atoms with Crippen molar-refractivity contribution in [2.24, 2.45) is 0 Å². The fourth-order valence-electron chi connectivity index (χ4n) is 2.77. The van der Waals surface area contributed by atoms with E-state index in [4.69, 9.17) is 16.3 Å². The number of amides is 2. The zero-order valence-corrected chi connectivity index (χ0v) is 17.1. The summed E-state index contributed by atoms with van der Waals surface area (Å²) in [6, 6.07) is 4.68. The number of allylic oxidation sites excluding steroid dienone is 1. The molecule has 1 aliphatic rings. The van der Waals surface area contributed by atoms with Crippen LogP contribution in [-0.2, 0) is 25.7 Å². The lowest BCUT2D eigenvalue weighted by molar-refractivity contribution is -0.384. The predicted molar refractivity (Wildman–Crippen MR) is 105 cm³/mol. The van der Waals surface area contributed by atoms with Gasteiger partial charge in [-0.15, -0.1) is 0 Å². The number of nitrogens with one attached hydrogen (secondary N) is 1. The first-order chi connectivity index (χ1) is 13.7. The van der Waals surface area contributed by atoms with Gasteiger partial charge in [-0.05, 0) is 43.5 Å². The van der Waals surface area contributed by atoms with Crippen LogP contribution in [0.4, 0.5) is 5.69 Å². The van der Waals surface area contributed by atoms with Gasteiger partial charge in [-0.1, -0.05) is 18.5 Å². The van der Waals surface area contributed by atoms with Crippen LogP contribution in [0, 0.1) is 10.1 Å². The van der Waals surface area contributed by atoms with E-state index in [1.165, 1.54) is 24.3 Å². The van der Waals surface area contributed by atoms with Gasteiger partial charge in [-0.3, -0.25) is 24.6 Å². The van der Waals surface area contributed by atoms with Crippen LogP contribution in [0.5, 0.6) is 0 Å². The molecular formula is C19H22ClN3O6. The fourth-order valence-corrected chi connectivity index (χ4v) is 3.13. The van der Waals surface area contributed by atoms with E-state index in [1.54, 1.807) is 13.8 Å². The molecule has 0 aliphatic carbocycles. The molecule has 0 saturated carbocycles. The van der Waals surface area contributed by atoms with Crippen molar-refractivity contribution in [3.8, 4) is 0 Å². The van der Waals surface area contributed by atoms with Gasteiger partial charge in [0.15, 0.2) is 0 Å². The number of rotatable bonds is 8. The van der Waals surface area contributed by atoms with Gasteiger partial charge in [0.05, 0.1) is 4.92 Å². The summed E-state index contributed by atoms with van der Waals surface area (Å²) in [5.74, 6) is -1.52. The second-order valence-electron chi connectivity index (χ2n) is 6.72. The maximum Gasteiger partial charge on any atom is 0.355 e. The summed E-state index contributed by atoms with van der Waals surface area (Å²) in [6.07, 6.45) is 0.914. The first-order valence-electron chi connectivity index (χ1n) is 9.01. The Balaban J connectivity index is 2.03. The summed E-state index contributed by atoms with van der Waals surface area (Å²) in [6.45, 7) is 5.00. The monoisotopic (exact) mass is 423 g/mol. The van der Waals surface area contributed by atoms with E-state index in [9.17, 15) is 24.5 Å². The molecule has 156 valence electrons. The topological polar surface area (TPSA) is 119 Å². The Bertz CT molecular complexity index is 848. The lowest BCUT2D eigenvalue weighted by Gasteiger charge is -2.44. The minimum Gasteiger partial charge on any atom is -0.456 e. The number of nitrogens with zero attached hydrogens (tertiary/aromatic N) is 2. The SMILES string of the molecule is CCCC(=O)NC1C(=O)N(C(C(=O)OCc2ccc([N+](=O)[O-])cc2)=C(C)C)C1Cl. The molecule has 2 amide bonds. The molecule has 0 bridgehead atoms. The van der Waals surface area contributed by atoms with E-state index in [-0.39, 0.29) is 30.3 Å². The Hall–Kier alpha value is -2.94.